The van der Waals surface area contributed by atoms with Crippen LogP contribution in [0.4, 0.5) is 4.79 Å². The van der Waals surface area contributed by atoms with E-state index in [9.17, 15) is 19.5 Å². The molecule has 1 aromatic heterocycles. The molecule has 1 aromatic rings. The van der Waals surface area contributed by atoms with Crippen molar-refractivity contribution in [3.05, 3.63) is 32.6 Å². The van der Waals surface area contributed by atoms with Crippen LogP contribution >= 0.6 is 0 Å². The number of carbonyl (C=O) groups excluding carboxylic acids is 1. The van der Waals surface area contributed by atoms with Crippen molar-refractivity contribution in [1.82, 2.24) is 14.9 Å². The number of ether oxygens (including phenoxy) is 3. The molecule has 0 aliphatic heterocycles. The first-order valence-corrected chi connectivity index (χ1v) is 21.1. The Bertz CT molecular complexity index is 1460. The lowest BCUT2D eigenvalue weighted by Crippen LogP contribution is -2.54. The van der Waals surface area contributed by atoms with Crippen LogP contribution in [0.15, 0.2) is 15.8 Å². The zero-order chi connectivity index (χ0) is 37.0. The largest absolute Gasteiger partial charge is 0.446 e. The molecule has 3 N–H and O–H groups in total. The third kappa shape index (κ3) is 8.39. The van der Waals surface area contributed by atoms with Crippen molar-refractivity contribution in [2.45, 2.75) is 162 Å². The number of hydrogen-bond acceptors (Lipinski definition) is 7. The van der Waals surface area contributed by atoms with Gasteiger partial charge in [0, 0.05) is 24.3 Å². The second-order valence-electron chi connectivity index (χ2n) is 18.1. The minimum Gasteiger partial charge on any atom is -0.446 e. The molecule has 5 aliphatic rings. The van der Waals surface area contributed by atoms with Crippen molar-refractivity contribution in [3.8, 4) is 0 Å². The summed E-state index contributed by atoms with van der Waals surface area (Å²) in [5.74, 6) is 4.99. The summed E-state index contributed by atoms with van der Waals surface area (Å²) >= 11 is 0. The van der Waals surface area contributed by atoms with Crippen molar-refractivity contribution in [2.24, 2.45) is 46.3 Å². The summed E-state index contributed by atoms with van der Waals surface area (Å²) in [5, 5.41) is 13.4. The van der Waals surface area contributed by atoms with E-state index in [1.807, 2.05) is 0 Å². The molecule has 10 heteroatoms. The van der Waals surface area contributed by atoms with E-state index in [0.29, 0.717) is 61.5 Å². The number of hydrogen-bond donors (Lipinski definition) is 3. The van der Waals surface area contributed by atoms with Crippen LogP contribution in [-0.4, -0.2) is 65.4 Å². The van der Waals surface area contributed by atoms with Gasteiger partial charge in [-0.3, -0.25) is 14.3 Å². The monoisotopic (exact) mass is 728 g/mol. The van der Waals surface area contributed by atoms with E-state index >= 15 is 0 Å². The zero-order valence-electron chi connectivity index (χ0n) is 32.8. The Morgan fingerprint density at radius 1 is 0.981 bits per heavy atom. The van der Waals surface area contributed by atoms with E-state index in [1.54, 1.807) is 13.1 Å². The van der Waals surface area contributed by atoms with Gasteiger partial charge in [-0.15, -0.1) is 0 Å². The number of fused-ring (bicyclic) bond motifs is 5. The molecule has 0 radical (unpaired) electrons. The first-order valence-electron chi connectivity index (χ1n) is 21.1. The Labute approximate surface area is 311 Å². The van der Waals surface area contributed by atoms with Crippen LogP contribution in [-0.2, 0) is 14.2 Å². The average molecular weight is 728 g/mol. The second kappa shape index (κ2) is 17.1. The number of nitrogens with one attached hydrogen (secondary N) is 2. The summed E-state index contributed by atoms with van der Waals surface area (Å²) in [5.41, 5.74) is 0.483. The summed E-state index contributed by atoms with van der Waals surface area (Å²) in [7, 11) is 0. The van der Waals surface area contributed by atoms with Gasteiger partial charge >= 0.3 is 11.8 Å². The van der Waals surface area contributed by atoms with Gasteiger partial charge in [0.25, 0.3) is 5.56 Å². The third-order valence-electron chi connectivity index (χ3n) is 15.2. The van der Waals surface area contributed by atoms with Crippen LogP contribution in [0, 0.1) is 53.3 Å². The van der Waals surface area contributed by atoms with E-state index in [0.717, 1.165) is 48.9 Å². The molecule has 0 saturated heterocycles. The third-order valence-corrected chi connectivity index (χ3v) is 15.2. The minimum atomic E-state index is -0.703. The number of rotatable bonds is 15. The van der Waals surface area contributed by atoms with Gasteiger partial charge in [-0.1, -0.05) is 59.8 Å². The summed E-state index contributed by atoms with van der Waals surface area (Å²) < 4.78 is 19.0. The maximum Gasteiger partial charge on any atom is 0.407 e. The highest BCUT2D eigenvalue weighted by Crippen LogP contribution is 2.68. The van der Waals surface area contributed by atoms with Crippen molar-refractivity contribution < 1.29 is 24.1 Å². The maximum absolute atomic E-state index is 12.7. The highest BCUT2D eigenvalue weighted by atomic mass is 16.6. The first-order chi connectivity index (χ1) is 24.9. The van der Waals surface area contributed by atoms with Crippen LogP contribution in [0.2, 0.25) is 0 Å². The van der Waals surface area contributed by atoms with Gasteiger partial charge in [0.1, 0.15) is 6.10 Å². The summed E-state index contributed by atoms with van der Waals surface area (Å²) in [6.07, 6.45) is 19.3. The molecule has 1 amide bonds. The number of aromatic nitrogens is 2. The molecule has 5 saturated carbocycles. The summed E-state index contributed by atoms with van der Waals surface area (Å²) in [6, 6.07) is -0.241. The lowest BCUT2D eigenvalue weighted by Gasteiger charge is -2.61. The number of aliphatic hydroxyl groups is 1. The van der Waals surface area contributed by atoms with Crippen molar-refractivity contribution in [3.63, 3.8) is 0 Å². The molecule has 294 valence electrons. The fraction of sp³-hybridized carbons (Fsp3) is 0.881. The van der Waals surface area contributed by atoms with E-state index in [1.165, 1.54) is 75.2 Å². The van der Waals surface area contributed by atoms with Gasteiger partial charge in [0.2, 0.25) is 0 Å². The van der Waals surface area contributed by atoms with Crippen LogP contribution in [0.5, 0.6) is 0 Å². The molecule has 12 atom stereocenters. The fourth-order valence-electron chi connectivity index (χ4n) is 12.4. The number of aromatic amines is 1. The number of nitrogens with zero attached hydrogens (tertiary/aromatic N) is 1. The molecule has 6 rings (SSSR count). The van der Waals surface area contributed by atoms with Gasteiger partial charge in [-0.05, 0) is 124 Å². The summed E-state index contributed by atoms with van der Waals surface area (Å²) in [6.45, 7) is 13.1. The molecule has 0 aromatic carbocycles. The molecule has 0 spiro atoms. The van der Waals surface area contributed by atoms with Crippen molar-refractivity contribution in [1.29, 1.82) is 0 Å². The minimum absolute atomic E-state index is 0.0141. The Hall–Kier alpha value is -2.17. The van der Waals surface area contributed by atoms with Crippen molar-refractivity contribution in [2.75, 3.05) is 26.4 Å². The number of amides is 1. The average Bonchev–Trinajstić information content (AvgIpc) is 3.66. The van der Waals surface area contributed by atoms with Gasteiger partial charge < -0.3 is 24.6 Å². The molecular weight excluding hydrogens is 658 g/mol. The predicted molar refractivity (Wildman–Crippen MR) is 202 cm³/mol. The quantitative estimate of drug-likeness (QED) is 0.162. The van der Waals surface area contributed by atoms with Crippen LogP contribution < -0.4 is 16.6 Å². The molecule has 0 bridgehead atoms. The van der Waals surface area contributed by atoms with Crippen LogP contribution in [0.1, 0.15) is 142 Å². The van der Waals surface area contributed by atoms with Crippen LogP contribution in [0.3, 0.4) is 0 Å². The van der Waals surface area contributed by atoms with Gasteiger partial charge in [-0.2, -0.15) is 0 Å². The first kappa shape index (κ1) is 39.5. The standard InChI is InChI=1S/C42H69N3O7/c1-6-7-8-9-10-27(2)33-13-14-34-32-12-11-29-23-31(15-17-41(29,4)35(32)16-18-42(33,34)5)52-40(49)43-19-20-50-21-22-51-37-25-30(24-36(37)46)45-26-28(3)38(47)44-39(45)48/h26-27,29-37,46H,6-25H2,1-5H3,(H,43,49)(H,44,47,48)/t27?,29?,30-,31?,32?,33?,34?,35?,36-,37-,41?,42?/m0/s1. The molecular formula is C42H69N3O7. The number of aryl methyl sites for hydroxylation is 1. The molecule has 52 heavy (non-hydrogen) atoms. The van der Waals surface area contributed by atoms with E-state index in [-0.39, 0.29) is 18.2 Å². The Morgan fingerprint density at radius 2 is 1.77 bits per heavy atom. The Kier molecular flexibility index (Phi) is 13.0. The maximum atomic E-state index is 12.7. The fourth-order valence-corrected chi connectivity index (χ4v) is 12.4. The molecule has 9 unspecified atom stereocenters. The van der Waals surface area contributed by atoms with E-state index < -0.39 is 23.5 Å². The second-order valence-corrected chi connectivity index (χ2v) is 18.1. The molecule has 10 nitrogen and oxygen atoms in total. The zero-order valence-corrected chi connectivity index (χ0v) is 32.8. The smallest absolute Gasteiger partial charge is 0.407 e. The summed E-state index contributed by atoms with van der Waals surface area (Å²) in [4.78, 5) is 39.0. The predicted octanol–water partition coefficient (Wildman–Crippen LogP) is 7.30. The number of H-pyrrole nitrogens is 1. The molecule has 1 heterocycles. The molecule has 5 fully saturated rings. The number of unbranched alkanes of at least 4 members (excludes halogenated alkanes) is 3. The number of carbonyl (C=O) groups is 1. The van der Waals surface area contributed by atoms with Crippen LogP contribution in [0.25, 0.3) is 0 Å². The molecule has 5 aliphatic carbocycles. The van der Waals surface area contributed by atoms with Crippen molar-refractivity contribution >= 4 is 6.09 Å². The Morgan fingerprint density at radius 3 is 2.58 bits per heavy atom. The van der Waals surface area contributed by atoms with E-state index in [4.69, 9.17) is 14.2 Å². The van der Waals surface area contributed by atoms with Gasteiger partial charge in [-0.25, -0.2) is 9.59 Å². The van der Waals surface area contributed by atoms with Gasteiger partial charge in [0.05, 0.1) is 32.0 Å². The lowest BCUT2D eigenvalue weighted by molar-refractivity contribution is -0.129. The highest BCUT2D eigenvalue weighted by Gasteiger charge is 2.60. The normalized spacial score (nSPS) is 37.5. The topological polar surface area (TPSA) is 132 Å². The van der Waals surface area contributed by atoms with Gasteiger partial charge in [0.15, 0.2) is 0 Å². The Balaban J connectivity index is 0.873. The highest BCUT2D eigenvalue weighted by molar-refractivity contribution is 5.67. The number of alkyl carbamates (subject to hydrolysis) is 1. The lowest BCUT2D eigenvalue weighted by atomic mass is 9.44. The SMILES string of the molecule is CCCCCCC(C)C1CCC2C3CCC4CC(OC(=O)NCCOCCO[C@H]5C[C@@H](n6cc(C)c(=O)[nH]c6=O)C[C@@H]5O)CCC4(C)C3CCC12C. The number of aliphatic hydroxyl groups excluding tert-OH is 1. The van der Waals surface area contributed by atoms with E-state index in [2.05, 4.69) is 38.0 Å².